The summed E-state index contributed by atoms with van der Waals surface area (Å²) in [5.74, 6) is -0.0871. The minimum absolute atomic E-state index is 0.137. The zero-order valence-electron chi connectivity index (χ0n) is 10.9. The monoisotopic (exact) mass is 269 g/mol. The first-order valence-corrected chi connectivity index (χ1v) is 6.61. The molecule has 0 unspecified atom stereocenters. The molecule has 0 spiro atoms. The third-order valence-corrected chi connectivity index (χ3v) is 3.64. The van der Waals surface area contributed by atoms with E-state index in [4.69, 9.17) is 0 Å². The molecule has 0 amide bonds. The maximum atomic E-state index is 11.3. The summed E-state index contributed by atoms with van der Waals surface area (Å²) in [5.41, 5.74) is 0.924. The number of aromatic amines is 1. The number of hydrogen-bond acceptors (Lipinski definition) is 3. The van der Waals surface area contributed by atoms with Gasteiger partial charge in [-0.15, -0.1) is 0 Å². The standard InChI is InChI=1S/C15H15N3O2/c19-15(20)12-9-5-4-8-11(12)14-16-13(17-18-14)10-6-2-1-3-7-10/h1-7,11-12H,8-9H2,(H,19,20)(H,16,17,18)/t11-,12+/m1/s1. The molecule has 20 heavy (non-hydrogen) atoms. The summed E-state index contributed by atoms with van der Waals surface area (Å²) in [7, 11) is 0. The summed E-state index contributed by atoms with van der Waals surface area (Å²) >= 11 is 0. The van der Waals surface area contributed by atoms with Crippen molar-refractivity contribution in [2.24, 2.45) is 5.92 Å². The molecule has 5 nitrogen and oxygen atoms in total. The first kappa shape index (κ1) is 12.6. The van der Waals surface area contributed by atoms with Crippen LogP contribution >= 0.6 is 0 Å². The maximum absolute atomic E-state index is 11.3. The minimum Gasteiger partial charge on any atom is -0.481 e. The molecule has 1 aliphatic rings. The van der Waals surface area contributed by atoms with E-state index in [-0.39, 0.29) is 5.92 Å². The van der Waals surface area contributed by atoms with Crippen molar-refractivity contribution in [2.45, 2.75) is 18.8 Å². The predicted molar refractivity (Wildman–Crippen MR) is 74.1 cm³/mol. The molecule has 0 radical (unpaired) electrons. The van der Waals surface area contributed by atoms with E-state index in [1.165, 1.54) is 0 Å². The molecule has 2 aromatic rings. The number of hydrogen-bond donors (Lipinski definition) is 2. The Hall–Kier alpha value is -2.43. The maximum Gasteiger partial charge on any atom is 0.307 e. The second-order valence-electron chi connectivity index (χ2n) is 4.90. The van der Waals surface area contributed by atoms with E-state index in [0.29, 0.717) is 24.5 Å². The van der Waals surface area contributed by atoms with Gasteiger partial charge >= 0.3 is 5.97 Å². The van der Waals surface area contributed by atoms with Crippen LogP contribution < -0.4 is 0 Å². The lowest BCUT2D eigenvalue weighted by molar-refractivity contribution is -0.142. The lowest BCUT2D eigenvalue weighted by Gasteiger charge is -2.22. The topological polar surface area (TPSA) is 78.9 Å². The normalized spacial score (nSPS) is 21.8. The Kier molecular flexibility index (Phi) is 3.33. The fourth-order valence-corrected chi connectivity index (χ4v) is 2.55. The highest BCUT2D eigenvalue weighted by Gasteiger charge is 2.32. The molecule has 2 atom stereocenters. The summed E-state index contributed by atoms with van der Waals surface area (Å²) in [5, 5.41) is 16.4. The van der Waals surface area contributed by atoms with Gasteiger partial charge in [-0.1, -0.05) is 42.5 Å². The molecule has 102 valence electrons. The van der Waals surface area contributed by atoms with Crippen LogP contribution in [0.25, 0.3) is 11.4 Å². The van der Waals surface area contributed by atoms with Crippen molar-refractivity contribution in [1.29, 1.82) is 0 Å². The first-order chi connectivity index (χ1) is 9.75. The smallest absolute Gasteiger partial charge is 0.307 e. The van der Waals surface area contributed by atoms with Gasteiger partial charge in [0.25, 0.3) is 0 Å². The molecule has 5 heteroatoms. The van der Waals surface area contributed by atoms with Gasteiger partial charge in [-0.3, -0.25) is 9.89 Å². The van der Waals surface area contributed by atoms with Gasteiger partial charge in [-0.2, -0.15) is 5.10 Å². The van der Waals surface area contributed by atoms with Crippen LogP contribution in [0.3, 0.4) is 0 Å². The van der Waals surface area contributed by atoms with E-state index < -0.39 is 11.9 Å². The molecule has 0 fully saturated rings. The fourth-order valence-electron chi connectivity index (χ4n) is 2.55. The predicted octanol–water partition coefficient (Wildman–Crippen LogP) is 2.61. The Morgan fingerprint density at radius 1 is 1.20 bits per heavy atom. The van der Waals surface area contributed by atoms with Gasteiger partial charge in [0, 0.05) is 11.5 Å². The van der Waals surface area contributed by atoms with E-state index >= 15 is 0 Å². The van der Waals surface area contributed by atoms with Crippen LogP contribution in [-0.4, -0.2) is 26.3 Å². The zero-order valence-corrected chi connectivity index (χ0v) is 10.9. The molecule has 0 saturated heterocycles. The van der Waals surface area contributed by atoms with Gasteiger partial charge in [0.1, 0.15) is 5.82 Å². The van der Waals surface area contributed by atoms with Crippen LogP contribution in [0.1, 0.15) is 24.6 Å². The van der Waals surface area contributed by atoms with Crippen molar-refractivity contribution >= 4 is 5.97 Å². The second-order valence-corrected chi connectivity index (χ2v) is 4.90. The molecule has 1 aromatic heterocycles. The van der Waals surface area contributed by atoms with Gasteiger partial charge in [0.15, 0.2) is 5.82 Å². The van der Waals surface area contributed by atoms with Crippen molar-refractivity contribution in [3.05, 3.63) is 48.3 Å². The summed E-state index contributed by atoms with van der Waals surface area (Å²) in [4.78, 5) is 15.8. The number of rotatable bonds is 3. The van der Waals surface area contributed by atoms with E-state index in [0.717, 1.165) is 5.56 Å². The third-order valence-electron chi connectivity index (χ3n) is 3.64. The number of nitrogens with one attached hydrogen (secondary N) is 1. The quantitative estimate of drug-likeness (QED) is 0.839. The Balaban J connectivity index is 1.90. The number of carboxylic acid groups (broad SMARTS) is 1. The highest BCUT2D eigenvalue weighted by Crippen LogP contribution is 2.33. The number of nitrogens with zero attached hydrogens (tertiary/aromatic N) is 2. The van der Waals surface area contributed by atoms with E-state index in [9.17, 15) is 9.90 Å². The van der Waals surface area contributed by atoms with E-state index in [1.54, 1.807) is 0 Å². The minimum atomic E-state index is -0.781. The summed E-state index contributed by atoms with van der Waals surface area (Å²) in [6, 6.07) is 9.65. The lowest BCUT2D eigenvalue weighted by Crippen LogP contribution is -2.24. The number of H-pyrrole nitrogens is 1. The first-order valence-electron chi connectivity index (χ1n) is 6.61. The van der Waals surface area contributed by atoms with Crippen molar-refractivity contribution < 1.29 is 9.90 Å². The molecule has 2 N–H and O–H groups in total. The van der Waals surface area contributed by atoms with Gasteiger partial charge < -0.3 is 5.11 Å². The second kappa shape index (κ2) is 5.28. The van der Waals surface area contributed by atoms with Gasteiger partial charge in [-0.25, -0.2) is 4.98 Å². The highest BCUT2D eigenvalue weighted by atomic mass is 16.4. The number of carboxylic acids is 1. The molecule has 0 bridgehead atoms. The molecule has 1 aromatic carbocycles. The average Bonchev–Trinajstić information content (AvgIpc) is 2.98. The van der Waals surface area contributed by atoms with Crippen LogP contribution in [0.4, 0.5) is 0 Å². The van der Waals surface area contributed by atoms with E-state index in [2.05, 4.69) is 15.2 Å². The number of benzene rings is 1. The molecular formula is C15H15N3O2. The Bertz CT molecular complexity index is 634. The number of carbonyl (C=O) groups is 1. The highest BCUT2D eigenvalue weighted by molar-refractivity contribution is 5.71. The Morgan fingerprint density at radius 3 is 2.70 bits per heavy atom. The SMILES string of the molecule is O=C(O)[C@H]1CC=CC[C@H]1c1nc(-c2ccccc2)n[nH]1. The summed E-state index contributed by atoms with van der Waals surface area (Å²) in [6.07, 6.45) is 5.15. The van der Waals surface area contributed by atoms with Crippen LogP contribution in [-0.2, 0) is 4.79 Å². The zero-order chi connectivity index (χ0) is 13.9. The molecular weight excluding hydrogens is 254 g/mol. The van der Waals surface area contributed by atoms with Crippen LogP contribution in [0.2, 0.25) is 0 Å². The summed E-state index contributed by atoms with van der Waals surface area (Å²) < 4.78 is 0. The van der Waals surface area contributed by atoms with Gasteiger partial charge in [-0.05, 0) is 12.8 Å². The van der Waals surface area contributed by atoms with Crippen LogP contribution in [0, 0.1) is 5.92 Å². The van der Waals surface area contributed by atoms with Crippen LogP contribution in [0.5, 0.6) is 0 Å². The average molecular weight is 269 g/mol. The Morgan fingerprint density at radius 2 is 1.95 bits per heavy atom. The largest absolute Gasteiger partial charge is 0.481 e. The molecule has 3 rings (SSSR count). The molecule has 0 saturated carbocycles. The third kappa shape index (κ3) is 2.34. The van der Waals surface area contributed by atoms with Crippen molar-refractivity contribution in [1.82, 2.24) is 15.2 Å². The van der Waals surface area contributed by atoms with E-state index in [1.807, 2.05) is 42.5 Å². The number of aliphatic carboxylic acids is 1. The van der Waals surface area contributed by atoms with Gasteiger partial charge in [0.2, 0.25) is 0 Å². The van der Waals surface area contributed by atoms with Crippen molar-refractivity contribution in [2.75, 3.05) is 0 Å². The van der Waals surface area contributed by atoms with Crippen LogP contribution in [0.15, 0.2) is 42.5 Å². The molecule has 0 aliphatic heterocycles. The molecule has 1 aliphatic carbocycles. The number of allylic oxidation sites excluding steroid dienone is 2. The van der Waals surface area contributed by atoms with Gasteiger partial charge in [0.05, 0.1) is 5.92 Å². The van der Waals surface area contributed by atoms with Crippen molar-refractivity contribution in [3.63, 3.8) is 0 Å². The molecule has 1 heterocycles. The fraction of sp³-hybridized carbons (Fsp3) is 0.267. The Labute approximate surface area is 116 Å². The van der Waals surface area contributed by atoms with Crippen molar-refractivity contribution in [3.8, 4) is 11.4 Å². The summed E-state index contributed by atoms with van der Waals surface area (Å²) in [6.45, 7) is 0. The number of aromatic nitrogens is 3. The lowest BCUT2D eigenvalue weighted by atomic mass is 9.82.